The third-order valence-corrected chi connectivity index (χ3v) is 5.69. The fraction of sp³-hybridized carbons (Fsp3) is 0.579. The van der Waals surface area contributed by atoms with E-state index in [1.807, 2.05) is 18.2 Å². The second kappa shape index (κ2) is 6.11. The molecule has 1 heterocycles. The number of carboxylic acid groups (broad SMARTS) is 1. The first-order valence-electron chi connectivity index (χ1n) is 8.90. The fourth-order valence-corrected chi connectivity index (χ4v) is 4.25. The molecule has 1 aliphatic heterocycles. The van der Waals surface area contributed by atoms with Gasteiger partial charge in [0.2, 0.25) is 0 Å². The number of para-hydroxylation sites is 1. The highest BCUT2D eigenvalue weighted by Crippen LogP contribution is 2.43. The maximum absolute atomic E-state index is 13.1. The van der Waals surface area contributed by atoms with E-state index in [4.69, 9.17) is 4.74 Å². The Morgan fingerprint density at radius 1 is 1.17 bits per heavy atom. The SMILES string of the molecule is O=C(O)[C@@H]1[C@@H]2CCC[C@@H]2CN1C(=O)c1ccccc1OCC1CC1. The summed E-state index contributed by atoms with van der Waals surface area (Å²) in [5.74, 6) is 0.527. The summed E-state index contributed by atoms with van der Waals surface area (Å²) in [6.45, 7) is 1.19. The number of amides is 1. The minimum atomic E-state index is -0.880. The van der Waals surface area contributed by atoms with Gasteiger partial charge in [0.1, 0.15) is 11.8 Å². The normalized spacial score (nSPS) is 28.7. The highest BCUT2D eigenvalue weighted by Gasteiger charge is 2.49. The van der Waals surface area contributed by atoms with Gasteiger partial charge in [0.25, 0.3) is 5.91 Å². The van der Waals surface area contributed by atoms with E-state index in [1.165, 1.54) is 12.8 Å². The Balaban J connectivity index is 1.57. The molecule has 4 rings (SSSR count). The van der Waals surface area contributed by atoms with Crippen LogP contribution in [0.2, 0.25) is 0 Å². The molecule has 2 aliphatic carbocycles. The molecule has 5 nitrogen and oxygen atoms in total. The second-order valence-electron chi connectivity index (χ2n) is 7.35. The van der Waals surface area contributed by atoms with Crippen molar-refractivity contribution < 1.29 is 19.4 Å². The molecule has 5 heteroatoms. The first-order valence-corrected chi connectivity index (χ1v) is 8.90. The number of nitrogens with zero attached hydrogens (tertiary/aromatic N) is 1. The highest BCUT2D eigenvalue weighted by molar-refractivity contribution is 5.99. The number of hydrogen-bond acceptors (Lipinski definition) is 3. The van der Waals surface area contributed by atoms with Gasteiger partial charge in [-0.25, -0.2) is 4.79 Å². The zero-order chi connectivity index (χ0) is 16.7. The molecule has 2 saturated carbocycles. The Morgan fingerprint density at radius 2 is 1.96 bits per heavy atom. The van der Waals surface area contributed by atoms with E-state index in [9.17, 15) is 14.7 Å². The predicted molar refractivity (Wildman–Crippen MR) is 88.0 cm³/mol. The van der Waals surface area contributed by atoms with Crippen LogP contribution in [-0.2, 0) is 4.79 Å². The summed E-state index contributed by atoms with van der Waals surface area (Å²) < 4.78 is 5.84. The quantitative estimate of drug-likeness (QED) is 0.902. The molecule has 1 amide bonds. The first-order chi connectivity index (χ1) is 11.6. The van der Waals surface area contributed by atoms with Crippen LogP contribution in [0, 0.1) is 17.8 Å². The van der Waals surface area contributed by atoms with Gasteiger partial charge in [-0.2, -0.15) is 0 Å². The number of likely N-dealkylation sites (tertiary alicyclic amines) is 1. The van der Waals surface area contributed by atoms with Gasteiger partial charge in [0, 0.05) is 6.54 Å². The number of aliphatic carboxylic acids is 1. The summed E-state index contributed by atoms with van der Waals surface area (Å²) in [7, 11) is 0. The Kier molecular flexibility index (Phi) is 3.94. The fourth-order valence-electron chi connectivity index (χ4n) is 4.25. The third kappa shape index (κ3) is 2.76. The molecule has 0 radical (unpaired) electrons. The van der Waals surface area contributed by atoms with Crippen molar-refractivity contribution in [2.24, 2.45) is 17.8 Å². The molecular weight excluding hydrogens is 306 g/mol. The largest absolute Gasteiger partial charge is 0.492 e. The second-order valence-corrected chi connectivity index (χ2v) is 7.35. The lowest BCUT2D eigenvalue weighted by molar-refractivity contribution is -0.142. The van der Waals surface area contributed by atoms with Crippen LogP contribution in [0.15, 0.2) is 24.3 Å². The summed E-state index contributed by atoms with van der Waals surface area (Å²) in [4.78, 5) is 26.4. The highest BCUT2D eigenvalue weighted by atomic mass is 16.5. The average Bonchev–Trinajstić information content (AvgIpc) is 3.17. The molecule has 0 aromatic heterocycles. The van der Waals surface area contributed by atoms with Crippen molar-refractivity contribution in [3.8, 4) is 5.75 Å². The third-order valence-electron chi connectivity index (χ3n) is 5.69. The summed E-state index contributed by atoms with van der Waals surface area (Å²) in [5, 5.41) is 9.66. The van der Waals surface area contributed by atoms with Gasteiger partial charge in [-0.15, -0.1) is 0 Å². The van der Waals surface area contributed by atoms with Crippen molar-refractivity contribution in [2.45, 2.75) is 38.1 Å². The molecule has 3 atom stereocenters. The van der Waals surface area contributed by atoms with Crippen molar-refractivity contribution in [2.75, 3.05) is 13.2 Å². The Hall–Kier alpha value is -2.04. The van der Waals surface area contributed by atoms with Crippen LogP contribution in [0.4, 0.5) is 0 Å². The van der Waals surface area contributed by atoms with Gasteiger partial charge in [0.15, 0.2) is 0 Å². The summed E-state index contributed by atoms with van der Waals surface area (Å²) >= 11 is 0. The zero-order valence-corrected chi connectivity index (χ0v) is 13.7. The summed E-state index contributed by atoms with van der Waals surface area (Å²) in [5.41, 5.74) is 0.490. The maximum atomic E-state index is 13.1. The van der Waals surface area contributed by atoms with E-state index >= 15 is 0 Å². The van der Waals surface area contributed by atoms with Gasteiger partial charge in [-0.1, -0.05) is 18.6 Å². The Morgan fingerprint density at radius 3 is 2.71 bits per heavy atom. The molecule has 0 unspecified atom stereocenters. The van der Waals surface area contributed by atoms with E-state index in [0.717, 1.165) is 19.3 Å². The molecule has 24 heavy (non-hydrogen) atoms. The van der Waals surface area contributed by atoms with Crippen LogP contribution in [0.1, 0.15) is 42.5 Å². The monoisotopic (exact) mass is 329 g/mol. The van der Waals surface area contributed by atoms with Crippen LogP contribution >= 0.6 is 0 Å². The van der Waals surface area contributed by atoms with Crippen LogP contribution in [0.3, 0.4) is 0 Å². The van der Waals surface area contributed by atoms with E-state index < -0.39 is 12.0 Å². The van der Waals surface area contributed by atoms with Gasteiger partial charge in [0.05, 0.1) is 12.2 Å². The van der Waals surface area contributed by atoms with E-state index in [1.54, 1.807) is 11.0 Å². The van der Waals surface area contributed by atoms with E-state index in [-0.39, 0.29) is 11.8 Å². The average molecular weight is 329 g/mol. The molecule has 1 aromatic rings. The smallest absolute Gasteiger partial charge is 0.326 e. The number of hydrogen-bond donors (Lipinski definition) is 1. The van der Waals surface area contributed by atoms with Crippen molar-refractivity contribution in [1.82, 2.24) is 4.90 Å². The van der Waals surface area contributed by atoms with Gasteiger partial charge in [-0.05, 0) is 55.6 Å². The van der Waals surface area contributed by atoms with Gasteiger partial charge < -0.3 is 14.7 Å². The molecule has 0 spiro atoms. The predicted octanol–water partition coefficient (Wildman–Crippen LogP) is 2.80. The topological polar surface area (TPSA) is 66.8 Å². The lowest BCUT2D eigenvalue weighted by Gasteiger charge is -2.25. The van der Waals surface area contributed by atoms with Crippen LogP contribution in [0.25, 0.3) is 0 Å². The number of rotatable bonds is 5. The number of benzene rings is 1. The minimum absolute atomic E-state index is 0.103. The number of ether oxygens (including phenoxy) is 1. The van der Waals surface area contributed by atoms with E-state index in [2.05, 4.69) is 0 Å². The number of carbonyl (C=O) groups excluding carboxylic acids is 1. The molecule has 1 saturated heterocycles. The van der Waals surface area contributed by atoms with Crippen LogP contribution in [0.5, 0.6) is 5.75 Å². The standard InChI is InChI=1S/C19H23NO4/c21-18(15-5-1-2-7-16(15)24-11-12-8-9-12)20-10-13-4-3-6-14(13)17(20)19(22)23/h1-2,5,7,12-14,17H,3-4,6,8-11H2,(H,22,23)/t13-,14-,17+/m1/s1. The molecule has 1 aromatic carbocycles. The lowest BCUT2D eigenvalue weighted by Crippen LogP contribution is -2.43. The lowest BCUT2D eigenvalue weighted by atomic mass is 9.94. The molecule has 3 aliphatic rings. The van der Waals surface area contributed by atoms with Crippen LogP contribution in [-0.4, -0.2) is 41.1 Å². The molecule has 3 fully saturated rings. The Bertz CT molecular complexity index is 655. The van der Waals surface area contributed by atoms with Crippen molar-refractivity contribution in [1.29, 1.82) is 0 Å². The number of fused-ring (bicyclic) bond motifs is 1. The number of carbonyl (C=O) groups is 2. The molecule has 1 N–H and O–H groups in total. The maximum Gasteiger partial charge on any atom is 0.326 e. The Labute approximate surface area is 141 Å². The number of carboxylic acids is 1. The zero-order valence-electron chi connectivity index (χ0n) is 13.7. The summed E-state index contributed by atoms with van der Waals surface area (Å²) in [6.07, 6.45) is 5.38. The molecule has 0 bridgehead atoms. The summed E-state index contributed by atoms with van der Waals surface area (Å²) in [6, 6.07) is 6.53. The van der Waals surface area contributed by atoms with Gasteiger partial charge in [-0.3, -0.25) is 4.79 Å². The van der Waals surface area contributed by atoms with Crippen molar-refractivity contribution >= 4 is 11.9 Å². The van der Waals surface area contributed by atoms with Crippen molar-refractivity contribution in [3.05, 3.63) is 29.8 Å². The van der Waals surface area contributed by atoms with E-state index in [0.29, 0.717) is 36.3 Å². The van der Waals surface area contributed by atoms with Gasteiger partial charge >= 0.3 is 5.97 Å². The molecule has 128 valence electrons. The first kappa shape index (κ1) is 15.5. The molecular formula is C19H23NO4. The van der Waals surface area contributed by atoms with Crippen molar-refractivity contribution in [3.63, 3.8) is 0 Å². The minimum Gasteiger partial charge on any atom is -0.492 e. The van der Waals surface area contributed by atoms with Crippen LogP contribution < -0.4 is 4.74 Å².